The van der Waals surface area contributed by atoms with Gasteiger partial charge < -0.3 is 14.5 Å². The van der Waals surface area contributed by atoms with E-state index < -0.39 is 0 Å². The van der Waals surface area contributed by atoms with Crippen LogP contribution in [0, 0.1) is 5.92 Å². The number of aromatic nitrogens is 2. The van der Waals surface area contributed by atoms with Gasteiger partial charge in [0.2, 0.25) is 0 Å². The highest BCUT2D eigenvalue weighted by Gasteiger charge is 2.28. The Balaban J connectivity index is 1.51. The summed E-state index contributed by atoms with van der Waals surface area (Å²) in [5.41, 5.74) is 0. The molecule has 0 aromatic carbocycles. The van der Waals surface area contributed by atoms with E-state index in [0.717, 1.165) is 30.5 Å². The highest BCUT2D eigenvalue weighted by molar-refractivity contribution is 7.07. The molecule has 1 saturated heterocycles. The van der Waals surface area contributed by atoms with Crippen LogP contribution in [0.3, 0.4) is 0 Å². The van der Waals surface area contributed by atoms with Crippen LogP contribution in [0.2, 0.25) is 0 Å². The van der Waals surface area contributed by atoms with Crippen molar-refractivity contribution in [3.8, 4) is 0 Å². The molecule has 1 aromatic heterocycles. The summed E-state index contributed by atoms with van der Waals surface area (Å²) in [6.07, 6.45) is 4.37. The molecule has 6 nitrogen and oxygen atoms in total. The Morgan fingerprint density at radius 1 is 1.55 bits per heavy atom. The normalized spacial score (nSPS) is 23.3. The van der Waals surface area contributed by atoms with Gasteiger partial charge >= 0.3 is 0 Å². The van der Waals surface area contributed by atoms with E-state index in [9.17, 15) is 4.79 Å². The van der Waals surface area contributed by atoms with Crippen molar-refractivity contribution in [1.82, 2.24) is 19.4 Å². The van der Waals surface area contributed by atoms with Gasteiger partial charge in [0.25, 0.3) is 5.91 Å². The number of morpholine rings is 1. The maximum absolute atomic E-state index is 12.3. The molecule has 2 fully saturated rings. The number of likely N-dealkylation sites (N-methyl/N-ethyl adjacent to an activating group) is 1. The molecule has 0 bridgehead atoms. The molecule has 3 rings (SSSR count). The van der Waals surface area contributed by atoms with E-state index in [1.165, 1.54) is 19.0 Å². The summed E-state index contributed by atoms with van der Waals surface area (Å²) in [4.78, 5) is 17.1. The van der Waals surface area contributed by atoms with Gasteiger partial charge in [0.05, 0.1) is 18.9 Å². The van der Waals surface area contributed by atoms with Gasteiger partial charge in [0.15, 0.2) is 0 Å². The van der Waals surface area contributed by atoms with Crippen molar-refractivity contribution >= 4 is 17.4 Å². The molecule has 1 amide bonds. The second kappa shape index (κ2) is 6.15. The first-order chi connectivity index (χ1) is 9.72. The average Bonchev–Trinajstić information content (AvgIpc) is 3.08. The zero-order valence-electron chi connectivity index (χ0n) is 11.7. The molecule has 7 heteroatoms. The van der Waals surface area contributed by atoms with Gasteiger partial charge in [-0.25, -0.2) is 0 Å². The first-order valence-corrected chi connectivity index (χ1v) is 7.86. The number of ether oxygens (including phenoxy) is 1. The van der Waals surface area contributed by atoms with Crippen LogP contribution in [-0.4, -0.2) is 71.2 Å². The summed E-state index contributed by atoms with van der Waals surface area (Å²) < 4.78 is 9.53. The smallest absolute Gasteiger partial charge is 0.267 e. The predicted molar refractivity (Wildman–Crippen MR) is 75.8 cm³/mol. The lowest BCUT2D eigenvalue weighted by molar-refractivity contribution is -0.0332. The number of nitrogens with zero attached hydrogens (tertiary/aromatic N) is 4. The van der Waals surface area contributed by atoms with E-state index in [0.29, 0.717) is 24.6 Å². The maximum Gasteiger partial charge on any atom is 0.267 e. The number of hydrogen-bond donors (Lipinski definition) is 0. The van der Waals surface area contributed by atoms with Gasteiger partial charge in [0, 0.05) is 26.2 Å². The second-order valence-electron chi connectivity index (χ2n) is 5.69. The van der Waals surface area contributed by atoms with Gasteiger partial charge in [-0.05, 0) is 37.3 Å². The van der Waals surface area contributed by atoms with E-state index in [-0.39, 0.29) is 12.0 Å². The van der Waals surface area contributed by atoms with Gasteiger partial charge in [-0.2, -0.15) is 0 Å². The molecule has 2 heterocycles. The first-order valence-electron chi connectivity index (χ1n) is 7.09. The van der Waals surface area contributed by atoms with Gasteiger partial charge in [-0.1, -0.05) is 4.49 Å². The van der Waals surface area contributed by atoms with Crippen LogP contribution in [-0.2, 0) is 4.74 Å². The summed E-state index contributed by atoms with van der Waals surface area (Å²) in [7, 11) is 2.13. The molecule has 0 N–H and O–H groups in total. The van der Waals surface area contributed by atoms with Crippen LogP contribution in [0.1, 0.15) is 22.5 Å². The number of carbonyl (C=O) groups excluding carboxylic acids is 1. The molecular formula is C13H20N4O2S. The summed E-state index contributed by atoms with van der Waals surface area (Å²) in [6, 6.07) is 0. The van der Waals surface area contributed by atoms with Crippen LogP contribution < -0.4 is 0 Å². The summed E-state index contributed by atoms with van der Waals surface area (Å²) in [5.74, 6) is 0.905. The monoisotopic (exact) mass is 296 g/mol. The lowest BCUT2D eigenvalue weighted by atomic mass is 10.2. The molecule has 20 heavy (non-hydrogen) atoms. The van der Waals surface area contributed by atoms with Crippen LogP contribution >= 0.6 is 11.5 Å². The quantitative estimate of drug-likeness (QED) is 0.801. The first kappa shape index (κ1) is 13.9. The minimum Gasteiger partial charge on any atom is -0.373 e. The average molecular weight is 296 g/mol. The molecule has 1 saturated carbocycles. The lowest BCUT2D eigenvalue weighted by Crippen LogP contribution is -2.49. The van der Waals surface area contributed by atoms with Crippen LogP contribution in [0.25, 0.3) is 0 Å². The Labute approximate surface area is 122 Å². The van der Waals surface area contributed by atoms with Crippen molar-refractivity contribution in [1.29, 1.82) is 0 Å². The van der Waals surface area contributed by atoms with Gasteiger partial charge in [-0.15, -0.1) is 5.10 Å². The predicted octanol–water partition coefficient (Wildman–Crippen LogP) is 0.721. The summed E-state index contributed by atoms with van der Waals surface area (Å²) >= 11 is 1.15. The standard InChI is InChI=1S/C13H20N4O2S/c1-16(7-10-2-3-10)8-11-9-17(4-5-19-11)13(18)12-6-14-15-20-12/h6,10-11H,2-5,7-9H2,1H3/t11-/m1/s1. The SMILES string of the molecule is CN(CC1CC1)C[C@@H]1CN(C(=O)c2cnns2)CCO1. The van der Waals surface area contributed by atoms with Gasteiger partial charge in [-0.3, -0.25) is 4.79 Å². The van der Waals surface area contributed by atoms with E-state index in [4.69, 9.17) is 4.74 Å². The molecule has 2 aliphatic rings. The fourth-order valence-corrected chi connectivity index (χ4v) is 3.08. The van der Waals surface area contributed by atoms with Crippen molar-refractivity contribution in [2.45, 2.75) is 18.9 Å². The van der Waals surface area contributed by atoms with Gasteiger partial charge in [0.1, 0.15) is 4.88 Å². The third-order valence-electron chi connectivity index (χ3n) is 3.78. The van der Waals surface area contributed by atoms with E-state index in [1.54, 1.807) is 0 Å². The van der Waals surface area contributed by atoms with E-state index >= 15 is 0 Å². The number of carbonyl (C=O) groups is 1. The molecule has 0 spiro atoms. The number of hydrogen-bond acceptors (Lipinski definition) is 6. The topological polar surface area (TPSA) is 58.6 Å². The maximum atomic E-state index is 12.3. The van der Waals surface area contributed by atoms with Crippen molar-refractivity contribution < 1.29 is 9.53 Å². The van der Waals surface area contributed by atoms with E-state index in [2.05, 4.69) is 21.5 Å². The Hall–Kier alpha value is -1.05. The molecule has 1 aliphatic carbocycles. The third-order valence-corrected chi connectivity index (χ3v) is 4.43. The molecular weight excluding hydrogens is 276 g/mol. The summed E-state index contributed by atoms with van der Waals surface area (Å²) in [6.45, 7) is 3.96. The fraction of sp³-hybridized carbons (Fsp3) is 0.769. The molecule has 0 radical (unpaired) electrons. The van der Waals surface area contributed by atoms with Crippen molar-refractivity contribution in [2.24, 2.45) is 5.92 Å². The lowest BCUT2D eigenvalue weighted by Gasteiger charge is -2.34. The minimum atomic E-state index is 0.0261. The van der Waals surface area contributed by atoms with E-state index in [1.807, 2.05) is 4.90 Å². The van der Waals surface area contributed by atoms with Crippen LogP contribution in [0.5, 0.6) is 0 Å². The van der Waals surface area contributed by atoms with Crippen molar-refractivity contribution in [2.75, 3.05) is 39.8 Å². The Morgan fingerprint density at radius 2 is 2.40 bits per heavy atom. The third kappa shape index (κ3) is 3.53. The zero-order chi connectivity index (χ0) is 13.9. The molecule has 1 aromatic rings. The number of amides is 1. The Morgan fingerprint density at radius 3 is 3.10 bits per heavy atom. The largest absolute Gasteiger partial charge is 0.373 e. The summed E-state index contributed by atoms with van der Waals surface area (Å²) in [5, 5.41) is 3.73. The fourth-order valence-electron chi connectivity index (χ4n) is 2.59. The second-order valence-corrected chi connectivity index (χ2v) is 6.48. The highest BCUT2D eigenvalue weighted by atomic mass is 32.1. The minimum absolute atomic E-state index is 0.0261. The Bertz CT molecular complexity index is 449. The molecule has 1 aliphatic heterocycles. The highest BCUT2D eigenvalue weighted by Crippen LogP contribution is 2.29. The van der Waals surface area contributed by atoms with Crippen LogP contribution in [0.4, 0.5) is 0 Å². The van der Waals surface area contributed by atoms with Crippen LogP contribution in [0.15, 0.2) is 6.20 Å². The zero-order valence-corrected chi connectivity index (χ0v) is 12.5. The molecule has 110 valence electrons. The van der Waals surface area contributed by atoms with Crippen molar-refractivity contribution in [3.63, 3.8) is 0 Å². The van der Waals surface area contributed by atoms with Crippen molar-refractivity contribution in [3.05, 3.63) is 11.1 Å². The number of rotatable bonds is 5. The molecule has 0 unspecified atom stereocenters. The molecule has 1 atom stereocenters. The Kier molecular flexibility index (Phi) is 4.28.